The Balaban J connectivity index is 2.07. The van der Waals surface area contributed by atoms with Crippen molar-refractivity contribution in [1.82, 2.24) is 0 Å². The van der Waals surface area contributed by atoms with Gasteiger partial charge in [-0.05, 0) is 25.7 Å². The average Bonchev–Trinajstić information content (AvgIpc) is 2.18. The molecule has 0 amide bonds. The summed E-state index contributed by atoms with van der Waals surface area (Å²) in [7, 11) is 0. The van der Waals surface area contributed by atoms with Gasteiger partial charge in [-0.25, -0.2) is 0 Å². The quantitative estimate of drug-likeness (QED) is 0.615. The third kappa shape index (κ3) is 4.52. The largest absolute Gasteiger partial charge is 0.481 e. The van der Waals surface area contributed by atoms with Crippen molar-refractivity contribution in [3.63, 3.8) is 0 Å². The van der Waals surface area contributed by atoms with E-state index in [1.54, 1.807) is 0 Å². The van der Waals surface area contributed by atoms with Crippen LogP contribution in [0, 0.1) is 0 Å². The van der Waals surface area contributed by atoms with Crippen LogP contribution in [0.2, 0.25) is 0 Å². The fourth-order valence-corrected chi connectivity index (χ4v) is 2.21. The monoisotopic (exact) mass is 228 g/mol. The lowest BCUT2D eigenvalue weighted by Crippen LogP contribution is -2.42. The SMILES string of the molecule is CCCCCCCOC1(CC(=O)O)CCC1. The summed E-state index contributed by atoms with van der Waals surface area (Å²) in [6.45, 7) is 2.93. The zero-order valence-electron chi connectivity index (χ0n) is 10.3. The zero-order chi connectivity index (χ0) is 11.9. The van der Waals surface area contributed by atoms with Gasteiger partial charge in [-0.2, -0.15) is 0 Å². The lowest BCUT2D eigenvalue weighted by molar-refractivity contribution is -0.154. The molecule has 16 heavy (non-hydrogen) atoms. The van der Waals surface area contributed by atoms with E-state index in [0.717, 1.165) is 32.3 Å². The number of hydrogen-bond donors (Lipinski definition) is 1. The third-order valence-electron chi connectivity index (χ3n) is 3.39. The molecule has 0 aromatic rings. The fourth-order valence-electron chi connectivity index (χ4n) is 2.21. The van der Waals surface area contributed by atoms with E-state index < -0.39 is 5.97 Å². The molecule has 0 heterocycles. The molecule has 0 spiro atoms. The highest BCUT2D eigenvalue weighted by Gasteiger charge is 2.39. The summed E-state index contributed by atoms with van der Waals surface area (Å²) in [6.07, 6.45) is 9.24. The van der Waals surface area contributed by atoms with Crippen molar-refractivity contribution >= 4 is 5.97 Å². The lowest BCUT2D eigenvalue weighted by atomic mass is 9.77. The van der Waals surface area contributed by atoms with Gasteiger partial charge < -0.3 is 9.84 Å². The molecule has 1 aliphatic carbocycles. The van der Waals surface area contributed by atoms with Crippen molar-refractivity contribution in [2.75, 3.05) is 6.61 Å². The van der Waals surface area contributed by atoms with Crippen LogP contribution in [0.25, 0.3) is 0 Å². The molecule has 1 saturated carbocycles. The van der Waals surface area contributed by atoms with E-state index in [9.17, 15) is 4.79 Å². The molecule has 0 aromatic carbocycles. The van der Waals surface area contributed by atoms with Gasteiger partial charge in [0, 0.05) is 6.61 Å². The summed E-state index contributed by atoms with van der Waals surface area (Å²) in [5.74, 6) is -0.731. The molecule has 0 aliphatic heterocycles. The van der Waals surface area contributed by atoms with Crippen LogP contribution in [-0.2, 0) is 9.53 Å². The van der Waals surface area contributed by atoms with Crippen LogP contribution >= 0.6 is 0 Å². The van der Waals surface area contributed by atoms with Gasteiger partial charge in [0.05, 0.1) is 12.0 Å². The molecule has 0 atom stereocenters. The molecule has 1 N–H and O–H groups in total. The third-order valence-corrected chi connectivity index (χ3v) is 3.39. The molecule has 94 valence electrons. The first-order chi connectivity index (χ1) is 7.68. The molecule has 3 nitrogen and oxygen atoms in total. The van der Waals surface area contributed by atoms with E-state index in [1.807, 2.05) is 0 Å². The highest BCUT2D eigenvalue weighted by Crippen LogP contribution is 2.38. The minimum absolute atomic E-state index is 0.182. The fraction of sp³-hybridized carbons (Fsp3) is 0.923. The number of ether oxygens (including phenoxy) is 1. The van der Waals surface area contributed by atoms with Crippen LogP contribution in [0.3, 0.4) is 0 Å². The predicted molar refractivity (Wildman–Crippen MR) is 63.5 cm³/mol. The van der Waals surface area contributed by atoms with Crippen LogP contribution in [-0.4, -0.2) is 23.3 Å². The van der Waals surface area contributed by atoms with E-state index >= 15 is 0 Å². The van der Waals surface area contributed by atoms with E-state index in [-0.39, 0.29) is 12.0 Å². The molecule has 0 unspecified atom stereocenters. The Bertz CT molecular complexity index is 209. The number of hydrogen-bond acceptors (Lipinski definition) is 2. The number of rotatable bonds is 9. The van der Waals surface area contributed by atoms with E-state index in [4.69, 9.17) is 9.84 Å². The van der Waals surface area contributed by atoms with Gasteiger partial charge >= 0.3 is 5.97 Å². The second kappa shape index (κ2) is 6.89. The number of aliphatic carboxylic acids is 1. The van der Waals surface area contributed by atoms with Crippen molar-refractivity contribution < 1.29 is 14.6 Å². The second-order valence-electron chi connectivity index (χ2n) is 4.87. The molecule has 0 bridgehead atoms. The van der Waals surface area contributed by atoms with Gasteiger partial charge in [-0.1, -0.05) is 32.6 Å². The van der Waals surface area contributed by atoms with Gasteiger partial charge in [0.2, 0.25) is 0 Å². The standard InChI is InChI=1S/C13H24O3/c1-2-3-4-5-6-10-16-13(8-7-9-13)11-12(14)15/h2-11H2,1H3,(H,14,15). The van der Waals surface area contributed by atoms with Crippen LogP contribution in [0.1, 0.15) is 64.7 Å². The molecule has 0 radical (unpaired) electrons. The van der Waals surface area contributed by atoms with Crippen molar-refractivity contribution in [2.24, 2.45) is 0 Å². The minimum atomic E-state index is -0.731. The van der Waals surface area contributed by atoms with Crippen LogP contribution in [0.5, 0.6) is 0 Å². The molecule has 1 fully saturated rings. The van der Waals surface area contributed by atoms with Crippen molar-refractivity contribution in [2.45, 2.75) is 70.3 Å². The summed E-state index contributed by atoms with van der Waals surface area (Å²) < 4.78 is 5.78. The Morgan fingerprint density at radius 1 is 1.25 bits per heavy atom. The number of carboxylic acids is 1. The molecule has 1 rings (SSSR count). The number of carboxylic acid groups (broad SMARTS) is 1. The maximum atomic E-state index is 10.7. The first kappa shape index (κ1) is 13.5. The topological polar surface area (TPSA) is 46.5 Å². The Morgan fingerprint density at radius 3 is 2.44 bits per heavy atom. The Labute approximate surface area is 98.2 Å². The molecule has 0 saturated heterocycles. The summed E-state index contributed by atoms with van der Waals surface area (Å²) in [5.41, 5.74) is -0.309. The van der Waals surface area contributed by atoms with Gasteiger partial charge in [0.1, 0.15) is 0 Å². The van der Waals surface area contributed by atoms with E-state index in [2.05, 4.69) is 6.92 Å². The second-order valence-corrected chi connectivity index (χ2v) is 4.87. The molecule has 0 aromatic heterocycles. The lowest BCUT2D eigenvalue weighted by Gasteiger charge is -2.40. The van der Waals surface area contributed by atoms with Crippen LogP contribution in [0.4, 0.5) is 0 Å². The molecular weight excluding hydrogens is 204 g/mol. The van der Waals surface area contributed by atoms with E-state index in [0.29, 0.717) is 0 Å². The first-order valence-electron chi connectivity index (χ1n) is 6.54. The number of unbranched alkanes of at least 4 members (excludes halogenated alkanes) is 4. The van der Waals surface area contributed by atoms with Crippen LogP contribution in [0.15, 0.2) is 0 Å². The maximum absolute atomic E-state index is 10.7. The van der Waals surface area contributed by atoms with Crippen molar-refractivity contribution in [3.05, 3.63) is 0 Å². The van der Waals surface area contributed by atoms with Crippen molar-refractivity contribution in [3.8, 4) is 0 Å². The highest BCUT2D eigenvalue weighted by atomic mass is 16.5. The normalized spacial score (nSPS) is 18.1. The summed E-state index contributed by atoms with van der Waals surface area (Å²) >= 11 is 0. The van der Waals surface area contributed by atoms with Gasteiger partial charge in [-0.3, -0.25) is 4.79 Å². The Hall–Kier alpha value is -0.570. The van der Waals surface area contributed by atoms with Crippen LogP contribution < -0.4 is 0 Å². The number of carbonyl (C=O) groups is 1. The Morgan fingerprint density at radius 2 is 1.94 bits per heavy atom. The highest BCUT2D eigenvalue weighted by molar-refractivity contribution is 5.68. The smallest absolute Gasteiger partial charge is 0.306 e. The predicted octanol–water partition coefficient (Wildman–Crippen LogP) is 3.37. The zero-order valence-corrected chi connectivity index (χ0v) is 10.3. The maximum Gasteiger partial charge on any atom is 0.306 e. The molecular formula is C13H24O3. The van der Waals surface area contributed by atoms with E-state index in [1.165, 1.54) is 25.7 Å². The Kier molecular flexibility index (Phi) is 5.81. The van der Waals surface area contributed by atoms with Gasteiger partial charge in [0.15, 0.2) is 0 Å². The van der Waals surface area contributed by atoms with Gasteiger partial charge in [0.25, 0.3) is 0 Å². The molecule has 1 aliphatic rings. The van der Waals surface area contributed by atoms with Crippen molar-refractivity contribution in [1.29, 1.82) is 0 Å². The summed E-state index contributed by atoms with van der Waals surface area (Å²) in [5, 5.41) is 8.81. The first-order valence-corrected chi connectivity index (χ1v) is 6.54. The summed E-state index contributed by atoms with van der Waals surface area (Å²) in [6, 6.07) is 0. The minimum Gasteiger partial charge on any atom is -0.481 e. The average molecular weight is 228 g/mol. The summed E-state index contributed by atoms with van der Waals surface area (Å²) in [4.78, 5) is 10.7. The molecule has 3 heteroatoms. The van der Waals surface area contributed by atoms with Gasteiger partial charge in [-0.15, -0.1) is 0 Å².